The van der Waals surface area contributed by atoms with Crippen LogP contribution in [0.3, 0.4) is 0 Å². The van der Waals surface area contributed by atoms with Gasteiger partial charge < -0.3 is 5.32 Å². The third kappa shape index (κ3) is 4.56. The molecule has 3 rings (SSSR count). The number of nitrogens with one attached hydrogen (secondary N) is 1. The minimum Gasteiger partial charge on any atom is -0.310 e. The summed E-state index contributed by atoms with van der Waals surface area (Å²) in [5.74, 6) is 1.37. The van der Waals surface area contributed by atoms with E-state index in [1.54, 1.807) is 29.7 Å². The molecule has 1 amide bonds. The third-order valence-corrected chi connectivity index (χ3v) is 5.40. The first kappa shape index (κ1) is 17.8. The van der Waals surface area contributed by atoms with Crippen LogP contribution in [0.1, 0.15) is 0 Å². The van der Waals surface area contributed by atoms with Gasteiger partial charge in [0.05, 0.1) is 10.6 Å². The van der Waals surface area contributed by atoms with Crippen LogP contribution >= 0.6 is 39.0 Å². The largest absolute Gasteiger partial charge is 0.310 e. The Morgan fingerprint density at radius 3 is 2.96 bits per heavy atom. The minimum atomic E-state index is -0.148. The molecule has 0 fully saturated rings. The van der Waals surface area contributed by atoms with E-state index in [-0.39, 0.29) is 11.7 Å². The molecule has 0 unspecified atom stereocenters. The molecule has 0 spiro atoms. The average molecular weight is 436 g/mol. The van der Waals surface area contributed by atoms with Crippen molar-refractivity contribution in [2.45, 2.75) is 11.7 Å². The van der Waals surface area contributed by atoms with Crippen LogP contribution in [0.5, 0.6) is 0 Å². The molecule has 0 aliphatic rings. The highest BCUT2D eigenvalue weighted by Gasteiger charge is 2.15. The van der Waals surface area contributed by atoms with Crippen LogP contribution in [-0.4, -0.2) is 31.4 Å². The summed E-state index contributed by atoms with van der Waals surface area (Å²) in [5.41, 5.74) is 0. The topological polar surface area (TPSA) is 72.7 Å². The number of allylic oxidation sites excluding steroid dienone is 1. The lowest BCUT2D eigenvalue weighted by atomic mass is 10.4. The second-order valence-electron chi connectivity index (χ2n) is 4.88. The van der Waals surface area contributed by atoms with Gasteiger partial charge in [0, 0.05) is 17.2 Å². The van der Waals surface area contributed by atoms with E-state index in [1.165, 1.54) is 11.8 Å². The molecule has 0 radical (unpaired) electrons. The second-order valence-corrected chi connectivity index (χ2v) is 7.69. The number of thiophene rings is 1. The summed E-state index contributed by atoms with van der Waals surface area (Å²) in [7, 11) is 0. The lowest BCUT2D eigenvalue weighted by molar-refractivity contribution is -0.113. The van der Waals surface area contributed by atoms with Gasteiger partial charge in [0.2, 0.25) is 5.91 Å². The fourth-order valence-electron chi connectivity index (χ4n) is 2.04. The van der Waals surface area contributed by atoms with Crippen LogP contribution in [-0.2, 0) is 11.3 Å². The van der Waals surface area contributed by atoms with Crippen LogP contribution in [0.4, 0.5) is 5.82 Å². The molecule has 0 aliphatic heterocycles. The smallest absolute Gasteiger partial charge is 0.236 e. The van der Waals surface area contributed by atoms with Crippen molar-refractivity contribution < 1.29 is 4.79 Å². The van der Waals surface area contributed by atoms with E-state index in [4.69, 9.17) is 0 Å². The van der Waals surface area contributed by atoms with Crippen LogP contribution in [0.2, 0.25) is 0 Å². The van der Waals surface area contributed by atoms with Crippen LogP contribution < -0.4 is 5.32 Å². The maximum absolute atomic E-state index is 12.1. The van der Waals surface area contributed by atoms with Gasteiger partial charge in [-0.2, -0.15) is 0 Å². The molecule has 0 saturated carbocycles. The Bertz CT molecular complexity index is 861. The fraction of sp³-hybridized carbons (Fsp3) is 0.125. The van der Waals surface area contributed by atoms with Crippen molar-refractivity contribution >= 4 is 50.8 Å². The van der Waals surface area contributed by atoms with Gasteiger partial charge in [0.25, 0.3) is 0 Å². The van der Waals surface area contributed by atoms with Gasteiger partial charge in [0.1, 0.15) is 5.82 Å². The Morgan fingerprint density at radius 2 is 2.28 bits per heavy atom. The maximum atomic E-state index is 12.1. The van der Waals surface area contributed by atoms with Crippen molar-refractivity contribution in [1.82, 2.24) is 19.7 Å². The van der Waals surface area contributed by atoms with Gasteiger partial charge in [-0.15, -0.1) is 28.1 Å². The van der Waals surface area contributed by atoms with Crippen molar-refractivity contribution in [3.63, 3.8) is 0 Å². The zero-order valence-electron chi connectivity index (χ0n) is 13.1. The van der Waals surface area contributed by atoms with Crippen LogP contribution in [0, 0.1) is 0 Å². The molecule has 25 heavy (non-hydrogen) atoms. The van der Waals surface area contributed by atoms with E-state index in [9.17, 15) is 4.79 Å². The number of amides is 1. The third-order valence-electron chi connectivity index (χ3n) is 3.10. The van der Waals surface area contributed by atoms with Crippen molar-refractivity contribution in [1.29, 1.82) is 0 Å². The first-order valence-corrected chi connectivity index (χ1v) is 9.95. The molecule has 9 heteroatoms. The first-order valence-electron chi connectivity index (χ1n) is 7.29. The number of carbonyl (C=O) groups is 1. The lowest BCUT2D eigenvalue weighted by Crippen LogP contribution is -2.15. The van der Waals surface area contributed by atoms with Gasteiger partial charge in [-0.1, -0.05) is 23.9 Å². The molecular weight excluding hydrogens is 422 g/mol. The highest BCUT2D eigenvalue weighted by molar-refractivity contribution is 9.10. The van der Waals surface area contributed by atoms with Gasteiger partial charge in [0.15, 0.2) is 11.0 Å². The van der Waals surface area contributed by atoms with E-state index in [0.29, 0.717) is 17.5 Å². The molecule has 1 N–H and O–H groups in total. The average Bonchev–Trinajstić information content (AvgIpc) is 3.25. The van der Waals surface area contributed by atoms with E-state index >= 15 is 0 Å². The Balaban J connectivity index is 1.67. The number of pyridine rings is 1. The number of halogens is 1. The number of carbonyl (C=O) groups excluding carboxylic acids is 1. The number of thioether (sulfide) groups is 1. The number of hydrogen-bond acceptors (Lipinski definition) is 6. The highest BCUT2D eigenvalue weighted by Crippen LogP contribution is 2.27. The normalized spacial score (nSPS) is 10.6. The second kappa shape index (κ2) is 8.41. The van der Waals surface area contributed by atoms with Crippen LogP contribution in [0.25, 0.3) is 10.7 Å². The van der Waals surface area contributed by atoms with Crippen molar-refractivity contribution in [3.8, 4) is 10.7 Å². The quantitative estimate of drug-likeness (QED) is 0.446. The monoisotopic (exact) mass is 435 g/mol. The molecule has 128 valence electrons. The highest BCUT2D eigenvalue weighted by atomic mass is 79.9. The summed E-state index contributed by atoms with van der Waals surface area (Å²) in [6.45, 7) is 4.37. The van der Waals surface area contributed by atoms with Crippen molar-refractivity contribution in [2.24, 2.45) is 0 Å². The molecule has 3 heterocycles. The number of anilines is 1. The molecule has 3 aromatic heterocycles. The summed E-state index contributed by atoms with van der Waals surface area (Å²) < 4.78 is 2.81. The van der Waals surface area contributed by atoms with Crippen molar-refractivity contribution in [3.05, 3.63) is 53.0 Å². The maximum Gasteiger partial charge on any atom is 0.236 e. The van der Waals surface area contributed by atoms with Crippen molar-refractivity contribution in [2.75, 3.05) is 11.1 Å². The number of rotatable bonds is 7. The van der Waals surface area contributed by atoms with E-state index in [2.05, 4.69) is 43.0 Å². The molecule has 0 saturated heterocycles. The summed E-state index contributed by atoms with van der Waals surface area (Å²) in [6, 6.07) is 7.53. The number of nitrogens with zero attached hydrogens (tertiary/aromatic N) is 4. The van der Waals surface area contributed by atoms with Gasteiger partial charge in [-0.05, 0) is 39.5 Å². The molecule has 0 bridgehead atoms. The summed E-state index contributed by atoms with van der Waals surface area (Å²) in [5, 5.41) is 13.9. The Morgan fingerprint density at radius 1 is 1.40 bits per heavy atom. The van der Waals surface area contributed by atoms with Gasteiger partial charge in [-0.25, -0.2) is 4.98 Å². The minimum absolute atomic E-state index is 0.148. The number of hydrogen-bond donors (Lipinski definition) is 1. The number of aromatic nitrogens is 4. The molecular formula is C16H14BrN5OS2. The van der Waals surface area contributed by atoms with Gasteiger partial charge in [-0.3, -0.25) is 9.36 Å². The standard InChI is InChI=1S/C16H14BrN5OS2/c1-2-7-22-15(12-4-3-8-24-12)20-21-16(22)25-10-14(23)19-13-6-5-11(17)9-18-13/h2-6,8-9H,1,7,10H2,(H,18,19,23). The zero-order chi connectivity index (χ0) is 17.6. The first-order chi connectivity index (χ1) is 12.2. The molecule has 0 atom stereocenters. The fourth-order valence-corrected chi connectivity index (χ4v) is 3.74. The predicted octanol–water partition coefficient (Wildman–Crippen LogP) is 4.08. The Kier molecular flexibility index (Phi) is 6.00. The lowest BCUT2D eigenvalue weighted by Gasteiger charge is -2.07. The van der Waals surface area contributed by atoms with E-state index in [1.807, 2.05) is 28.1 Å². The van der Waals surface area contributed by atoms with E-state index < -0.39 is 0 Å². The summed E-state index contributed by atoms with van der Waals surface area (Å²) >= 11 is 6.24. The molecule has 0 aromatic carbocycles. The zero-order valence-corrected chi connectivity index (χ0v) is 16.3. The molecule has 6 nitrogen and oxygen atoms in total. The molecule has 3 aromatic rings. The van der Waals surface area contributed by atoms with Gasteiger partial charge >= 0.3 is 0 Å². The predicted molar refractivity (Wildman–Crippen MR) is 105 cm³/mol. The Hall–Kier alpha value is -1.97. The summed E-state index contributed by atoms with van der Waals surface area (Å²) in [6.07, 6.45) is 3.42. The Labute approximate surface area is 161 Å². The molecule has 0 aliphatic carbocycles. The SMILES string of the molecule is C=CCn1c(SCC(=O)Nc2ccc(Br)cn2)nnc1-c1cccs1. The summed E-state index contributed by atoms with van der Waals surface area (Å²) in [4.78, 5) is 17.3. The van der Waals surface area contributed by atoms with E-state index in [0.717, 1.165) is 15.2 Å². The van der Waals surface area contributed by atoms with Crippen LogP contribution in [0.15, 0.2) is 58.1 Å².